The summed E-state index contributed by atoms with van der Waals surface area (Å²) in [6.45, 7) is 5.46. The average molecular weight is 530 g/mol. The van der Waals surface area contributed by atoms with Gasteiger partial charge < -0.3 is 15.0 Å². The summed E-state index contributed by atoms with van der Waals surface area (Å²) in [4.78, 5) is 19.1. The molecule has 38 heavy (non-hydrogen) atoms. The zero-order valence-electron chi connectivity index (χ0n) is 21.7. The quantitative estimate of drug-likeness (QED) is 0.279. The van der Waals surface area contributed by atoms with Crippen LogP contribution in [-0.2, 0) is 6.42 Å². The van der Waals surface area contributed by atoms with Crippen molar-refractivity contribution in [3.05, 3.63) is 112 Å². The maximum Gasteiger partial charge on any atom is 0.256 e. The van der Waals surface area contributed by atoms with Crippen molar-refractivity contribution in [3.63, 3.8) is 0 Å². The number of hydrogen-bond donors (Lipinski definition) is 1. The van der Waals surface area contributed by atoms with E-state index in [1.165, 1.54) is 17.0 Å². The van der Waals surface area contributed by atoms with Gasteiger partial charge in [0.25, 0.3) is 5.91 Å². The molecule has 5 rings (SSSR count). The summed E-state index contributed by atoms with van der Waals surface area (Å²) in [6.07, 6.45) is 0.895. The molecular formula is C31H32FN3O2S. The van der Waals surface area contributed by atoms with Gasteiger partial charge >= 0.3 is 0 Å². The van der Waals surface area contributed by atoms with Gasteiger partial charge in [0, 0.05) is 47.9 Å². The molecule has 0 saturated carbocycles. The fraction of sp³-hybridized carbons (Fsp3) is 0.258. The van der Waals surface area contributed by atoms with Crippen LogP contribution in [0, 0.1) is 5.82 Å². The number of halogens is 1. The number of thiophene rings is 1. The Bertz CT molecular complexity index is 1350. The van der Waals surface area contributed by atoms with Crippen LogP contribution in [0.5, 0.6) is 5.75 Å². The van der Waals surface area contributed by atoms with Crippen molar-refractivity contribution in [3.8, 4) is 5.75 Å². The van der Waals surface area contributed by atoms with E-state index in [4.69, 9.17) is 4.74 Å². The van der Waals surface area contributed by atoms with Crippen molar-refractivity contribution in [1.29, 1.82) is 0 Å². The molecule has 4 aromatic rings. The van der Waals surface area contributed by atoms with Crippen LogP contribution in [0.3, 0.4) is 0 Å². The lowest BCUT2D eigenvalue weighted by molar-refractivity contribution is 0.102. The minimum atomic E-state index is -0.221. The molecule has 1 N–H and O–H groups in total. The normalized spacial score (nSPS) is 14.8. The highest BCUT2D eigenvalue weighted by atomic mass is 32.1. The number of methoxy groups -OCH3 is 1. The molecule has 0 aliphatic carbocycles. The van der Waals surface area contributed by atoms with Crippen LogP contribution < -0.4 is 15.0 Å². The summed E-state index contributed by atoms with van der Waals surface area (Å²) < 4.78 is 18.9. The summed E-state index contributed by atoms with van der Waals surface area (Å²) >= 11 is 1.65. The average Bonchev–Trinajstić information content (AvgIpc) is 3.37. The molecule has 0 bridgehead atoms. The molecule has 0 radical (unpaired) electrons. The number of benzene rings is 3. The first-order valence-electron chi connectivity index (χ1n) is 12.9. The number of carbonyl (C=O) groups excluding carboxylic acids is 1. The highest BCUT2D eigenvalue weighted by Gasteiger charge is 2.30. The van der Waals surface area contributed by atoms with E-state index < -0.39 is 0 Å². The largest absolute Gasteiger partial charge is 0.497 e. The van der Waals surface area contributed by atoms with Gasteiger partial charge in [0.05, 0.1) is 13.2 Å². The second-order valence-electron chi connectivity index (χ2n) is 9.35. The Balaban J connectivity index is 1.46. The number of anilines is 2. The SMILES string of the molecule is CCc1cc(C(c2ccc(OC)cc2)N2CCN(c3ccc(F)cc3)CC2)c(NC(=O)c2ccccc2)s1. The third kappa shape index (κ3) is 5.74. The van der Waals surface area contributed by atoms with Crippen LogP contribution in [0.1, 0.15) is 39.3 Å². The molecule has 2 heterocycles. The minimum absolute atomic E-state index is 0.0288. The Morgan fingerprint density at radius 1 is 0.974 bits per heavy atom. The number of nitrogens with zero attached hydrogens (tertiary/aromatic N) is 2. The summed E-state index contributed by atoms with van der Waals surface area (Å²) in [5.41, 5.74) is 3.93. The number of hydrogen-bond acceptors (Lipinski definition) is 5. The molecule has 1 fully saturated rings. The van der Waals surface area contributed by atoms with Crippen LogP contribution in [0.25, 0.3) is 0 Å². The van der Waals surface area contributed by atoms with Crippen molar-refractivity contribution >= 4 is 27.9 Å². The number of piperazine rings is 1. The molecule has 1 aromatic heterocycles. The molecule has 5 nitrogen and oxygen atoms in total. The predicted molar refractivity (Wildman–Crippen MR) is 153 cm³/mol. The van der Waals surface area contributed by atoms with Crippen molar-refractivity contribution < 1.29 is 13.9 Å². The summed E-state index contributed by atoms with van der Waals surface area (Å²) in [5, 5.41) is 4.10. The van der Waals surface area contributed by atoms with Crippen molar-refractivity contribution in [2.45, 2.75) is 19.4 Å². The van der Waals surface area contributed by atoms with Crippen LogP contribution in [-0.4, -0.2) is 44.1 Å². The molecule has 3 aromatic carbocycles. The van der Waals surface area contributed by atoms with Gasteiger partial charge in [-0.2, -0.15) is 0 Å². The first-order valence-corrected chi connectivity index (χ1v) is 13.7. The maximum atomic E-state index is 13.5. The Kier molecular flexibility index (Phi) is 8.05. The Morgan fingerprint density at radius 3 is 2.29 bits per heavy atom. The summed E-state index contributed by atoms with van der Waals surface area (Å²) in [7, 11) is 1.67. The van der Waals surface area contributed by atoms with Gasteiger partial charge in [-0.15, -0.1) is 11.3 Å². The third-order valence-electron chi connectivity index (χ3n) is 7.02. The molecule has 1 unspecified atom stereocenters. The Labute approximate surface area is 227 Å². The number of amides is 1. The van der Waals surface area contributed by atoms with E-state index in [0.29, 0.717) is 5.56 Å². The van der Waals surface area contributed by atoms with Gasteiger partial charge in [-0.3, -0.25) is 9.69 Å². The highest BCUT2D eigenvalue weighted by Crippen LogP contribution is 2.40. The lowest BCUT2D eigenvalue weighted by Gasteiger charge is -2.40. The fourth-order valence-corrected chi connectivity index (χ4v) is 5.99. The van der Waals surface area contributed by atoms with E-state index in [0.717, 1.165) is 60.2 Å². The van der Waals surface area contributed by atoms with Crippen LogP contribution >= 0.6 is 11.3 Å². The monoisotopic (exact) mass is 529 g/mol. The van der Waals surface area contributed by atoms with Gasteiger partial charge in [0.1, 0.15) is 16.6 Å². The second kappa shape index (κ2) is 11.8. The molecule has 1 amide bonds. The fourth-order valence-electron chi connectivity index (χ4n) is 4.96. The van der Waals surface area contributed by atoms with E-state index in [1.807, 2.05) is 54.6 Å². The topological polar surface area (TPSA) is 44.8 Å². The molecule has 1 aliphatic rings. The molecular weight excluding hydrogens is 497 g/mol. The third-order valence-corrected chi connectivity index (χ3v) is 8.23. The molecule has 1 atom stereocenters. The summed E-state index contributed by atoms with van der Waals surface area (Å²) in [6, 6.07) is 26.5. The van der Waals surface area contributed by atoms with E-state index in [2.05, 4.69) is 40.2 Å². The van der Waals surface area contributed by atoms with Gasteiger partial charge in [-0.25, -0.2) is 4.39 Å². The molecule has 1 aliphatic heterocycles. The smallest absolute Gasteiger partial charge is 0.256 e. The summed E-state index contributed by atoms with van der Waals surface area (Å²) in [5.74, 6) is 0.484. The number of nitrogens with one attached hydrogen (secondary N) is 1. The van der Waals surface area contributed by atoms with E-state index in [1.54, 1.807) is 18.4 Å². The number of aryl methyl sites for hydroxylation is 1. The van der Waals surface area contributed by atoms with Crippen molar-refractivity contribution in [2.24, 2.45) is 0 Å². The van der Waals surface area contributed by atoms with Gasteiger partial charge in [-0.05, 0) is 66.6 Å². The van der Waals surface area contributed by atoms with E-state index in [9.17, 15) is 9.18 Å². The first-order chi connectivity index (χ1) is 18.6. The van der Waals surface area contributed by atoms with Gasteiger partial charge in [0.2, 0.25) is 0 Å². The molecule has 1 saturated heterocycles. The highest BCUT2D eigenvalue weighted by molar-refractivity contribution is 7.16. The number of ether oxygens (including phenoxy) is 1. The van der Waals surface area contributed by atoms with Crippen LogP contribution in [0.4, 0.5) is 15.1 Å². The Hall–Kier alpha value is -3.68. The van der Waals surface area contributed by atoms with E-state index in [-0.39, 0.29) is 17.8 Å². The molecule has 196 valence electrons. The van der Waals surface area contributed by atoms with Crippen molar-refractivity contribution in [2.75, 3.05) is 43.5 Å². The maximum absolute atomic E-state index is 13.5. The lowest BCUT2D eigenvalue weighted by atomic mass is 9.97. The van der Waals surface area contributed by atoms with Gasteiger partial charge in [0.15, 0.2) is 0 Å². The van der Waals surface area contributed by atoms with Crippen molar-refractivity contribution in [1.82, 2.24) is 4.90 Å². The zero-order chi connectivity index (χ0) is 26.5. The van der Waals surface area contributed by atoms with Crippen LogP contribution in [0.15, 0.2) is 84.9 Å². The van der Waals surface area contributed by atoms with Gasteiger partial charge in [-0.1, -0.05) is 37.3 Å². The standard InChI is InChI=1S/C31H32FN3O2S/c1-3-27-21-28(31(38-27)33-30(36)23-7-5-4-6-8-23)29(22-9-15-26(37-2)16-10-22)35-19-17-34(18-20-35)25-13-11-24(32)12-14-25/h4-16,21,29H,3,17-20H2,1-2H3,(H,33,36). The van der Waals surface area contributed by atoms with Crippen LogP contribution in [0.2, 0.25) is 0 Å². The minimum Gasteiger partial charge on any atom is -0.497 e. The number of carbonyl (C=O) groups is 1. The molecule has 7 heteroatoms. The van der Waals surface area contributed by atoms with E-state index >= 15 is 0 Å². The second-order valence-corrected chi connectivity index (χ2v) is 10.5. The first kappa shape index (κ1) is 25.9. The Morgan fingerprint density at radius 2 is 1.66 bits per heavy atom. The lowest BCUT2D eigenvalue weighted by Crippen LogP contribution is -2.48. The predicted octanol–water partition coefficient (Wildman–Crippen LogP) is 6.62. The zero-order valence-corrected chi connectivity index (χ0v) is 22.5. The molecule has 0 spiro atoms. The number of rotatable bonds is 8.